The Morgan fingerprint density at radius 1 is 1.21 bits per heavy atom. The number of methoxy groups -OCH3 is 2. The van der Waals surface area contributed by atoms with Crippen LogP contribution >= 0.6 is 12.9 Å². The molecular formula is C10H10O3S. The summed E-state index contributed by atoms with van der Waals surface area (Å²) in [5, 5.41) is 0. The molecule has 0 fully saturated rings. The highest BCUT2D eigenvalue weighted by molar-refractivity contribution is 7.75. The van der Waals surface area contributed by atoms with E-state index in [2.05, 4.69) is 18.8 Å². The molecule has 0 amide bonds. The maximum Gasteiger partial charge on any atom is 0.220 e. The lowest BCUT2D eigenvalue weighted by Gasteiger charge is -2.11. The average Bonchev–Trinajstić information content (AvgIpc) is 2.26. The van der Waals surface area contributed by atoms with Crippen LogP contribution in [-0.2, 0) is 0 Å². The van der Waals surface area contributed by atoms with E-state index < -0.39 is 0 Å². The maximum atomic E-state index is 5.27. The lowest BCUT2D eigenvalue weighted by molar-refractivity contribution is 0.371. The van der Waals surface area contributed by atoms with Crippen LogP contribution in [0.25, 0.3) is 0 Å². The number of rotatable bonds is 3. The third-order valence-electron chi connectivity index (χ3n) is 1.72. The minimum atomic E-state index is 0.414. The van der Waals surface area contributed by atoms with Gasteiger partial charge in [0.15, 0.2) is 11.5 Å². The Morgan fingerprint density at radius 3 is 2.00 bits per heavy atom. The van der Waals surface area contributed by atoms with Crippen LogP contribution in [0.1, 0.15) is 5.56 Å². The topological polar surface area (TPSA) is 27.7 Å². The molecule has 3 nitrogen and oxygen atoms in total. The number of ether oxygens (including phenoxy) is 2. The first-order valence-corrected chi connectivity index (χ1v) is 4.17. The fourth-order valence-corrected chi connectivity index (χ4v) is 1.23. The molecule has 0 aliphatic heterocycles. The van der Waals surface area contributed by atoms with Gasteiger partial charge in [-0.25, -0.2) is 0 Å². The second-order valence-electron chi connectivity index (χ2n) is 2.45. The van der Waals surface area contributed by atoms with E-state index in [0.29, 0.717) is 22.8 Å². The van der Waals surface area contributed by atoms with Crippen LogP contribution in [0.2, 0.25) is 0 Å². The highest BCUT2D eigenvalue weighted by atomic mass is 32.1. The van der Waals surface area contributed by atoms with Crippen LogP contribution in [-0.4, -0.2) is 14.2 Å². The zero-order valence-electron chi connectivity index (χ0n) is 7.90. The summed E-state index contributed by atoms with van der Waals surface area (Å²) < 4.78 is 15.0. The molecule has 1 aromatic carbocycles. The van der Waals surface area contributed by atoms with E-state index >= 15 is 0 Å². The van der Waals surface area contributed by atoms with E-state index in [1.165, 1.54) is 14.2 Å². The minimum Gasteiger partial charge on any atom is -0.493 e. The first-order valence-electron chi connectivity index (χ1n) is 3.80. The van der Waals surface area contributed by atoms with Crippen molar-refractivity contribution in [3.8, 4) is 29.6 Å². The second kappa shape index (κ2) is 4.68. The van der Waals surface area contributed by atoms with Crippen molar-refractivity contribution in [2.45, 2.75) is 0 Å². The number of terminal acetylenes is 1. The van der Waals surface area contributed by atoms with Gasteiger partial charge < -0.3 is 13.7 Å². The molecule has 0 aliphatic carbocycles. The van der Waals surface area contributed by atoms with Crippen molar-refractivity contribution in [2.24, 2.45) is 0 Å². The summed E-state index contributed by atoms with van der Waals surface area (Å²) in [4.78, 5) is 0. The molecule has 74 valence electrons. The summed E-state index contributed by atoms with van der Waals surface area (Å²) in [6.45, 7) is 0. The molecule has 1 rings (SSSR count). The van der Waals surface area contributed by atoms with E-state index in [4.69, 9.17) is 20.1 Å². The predicted molar refractivity (Wildman–Crippen MR) is 57.1 cm³/mol. The molecule has 0 saturated heterocycles. The van der Waals surface area contributed by atoms with Gasteiger partial charge in [0.25, 0.3) is 0 Å². The van der Waals surface area contributed by atoms with Gasteiger partial charge in [-0.3, -0.25) is 0 Å². The zero-order chi connectivity index (χ0) is 10.6. The Balaban J connectivity index is 3.33. The van der Waals surface area contributed by atoms with E-state index in [9.17, 15) is 0 Å². The Hall–Kier alpha value is -1.47. The van der Waals surface area contributed by atoms with Crippen molar-refractivity contribution in [3.05, 3.63) is 17.7 Å². The second-order valence-corrected chi connectivity index (χ2v) is 2.63. The molecule has 0 aliphatic rings. The van der Waals surface area contributed by atoms with Gasteiger partial charge in [-0.05, 0) is 12.1 Å². The van der Waals surface area contributed by atoms with Crippen LogP contribution in [0, 0.1) is 12.3 Å². The normalized spacial score (nSPS) is 9.00. The molecule has 0 N–H and O–H groups in total. The van der Waals surface area contributed by atoms with Gasteiger partial charge in [-0.1, -0.05) is 5.92 Å². The highest BCUT2D eigenvalue weighted by Gasteiger charge is 2.12. The quantitative estimate of drug-likeness (QED) is 0.469. The standard InChI is InChI=1S/C10H10O3S/c1-4-7-5-8(11-2)10(13-14)9(6-7)12-3/h1,5-6,14H,2-3H3. The van der Waals surface area contributed by atoms with Gasteiger partial charge in [0.1, 0.15) is 0 Å². The van der Waals surface area contributed by atoms with Gasteiger partial charge in [0, 0.05) is 18.5 Å². The molecule has 0 spiro atoms. The number of hydrogen-bond donors (Lipinski definition) is 1. The first-order chi connectivity index (χ1) is 6.76. The minimum absolute atomic E-state index is 0.414. The van der Waals surface area contributed by atoms with Crippen LogP contribution in [0.4, 0.5) is 0 Å². The fourth-order valence-electron chi connectivity index (χ4n) is 1.05. The van der Waals surface area contributed by atoms with Crippen molar-refractivity contribution in [2.75, 3.05) is 14.2 Å². The Kier molecular flexibility index (Phi) is 3.55. The number of benzene rings is 1. The van der Waals surface area contributed by atoms with Gasteiger partial charge in [-0.15, -0.1) is 6.42 Å². The Morgan fingerprint density at radius 2 is 1.71 bits per heavy atom. The molecule has 4 heteroatoms. The molecule has 0 unspecified atom stereocenters. The van der Waals surface area contributed by atoms with Gasteiger partial charge in [0.2, 0.25) is 5.75 Å². The van der Waals surface area contributed by atoms with Crippen LogP contribution < -0.4 is 13.7 Å². The van der Waals surface area contributed by atoms with E-state index in [1.807, 2.05) is 0 Å². The van der Waals surface area contributed by atoms with E-state index in [1.54, 1.807) is 12.1 Å². The molecule has 0 saturated carbocycles. The average molecular weight is 210 g/mol. The van der Waals surface area contributed by atoms with Crippen LogP contribution in [0.3, 0.4) is 0 Å². The van der Waals surface area contributed by atoms with Gasteiger partial charge in [0.05, 0.1) is 14.2 Å². The summed E-state index contributed by atoms with van der Waals surface area (Å²) in [6, 6.07) is 3.35. The smallest absolute Gasteiger partial charge is 0.220 e. The van der Waals surface area contributed by atoms with Crippen molar-refractivity contribution >= 4 is 12.9 Å². The maximum absolute atomic E-state index is 5.27. The Labute approximate surface area is 88.6 Å². The van der Waals surface area contributed by atoms with Crippen molar-refractivity contribution in [1.29, 1.82) is 0 Å². The molecule has 0 atom stereocenters. The summed E-state index contributed by atoms with van der Waals surface area (Å²) in [5.41, 5.74) is 0.660. The number of thiol groups is 1. The summed E-state index contributed by atoms with van der Waals surface area (Å²) >= 11 is 3.71. The van der Waals surface area contributed by atoms with Crippen LogP contribution in [0.15, 0.2) is 12.1 Å². The van der Waals surface area contributed by atoms with Gasteiger partial charge in [-0.2, -0.15) is 0 Å². The Bertz CT molecular complexity index is 343. The zero-order valence-corrected chi connectivity index (χ0v) is 8.80. The number of hydrogen-bond acceptors (Lipinski definition) is 4. The fraction of sp³-hybridized carbons (Fsp3) is 0.200. The largest absolute Gasteiger partial charge is 0.493 e. The molecule has 1 aromatic rings. The molecule has 14 heavy (non-hydrogen) atoms. The van der Waals surface area contributed by atoms with Crippen molar-refractivity contribution in [1.82, 2.24) is 0 Å². The third-order valence-corrected chi connectivity index (χ3v) is 1.90. The van der Waals surface area contributed by atoms with Crippen LogP contribution in [0.5, 0.6) is 17.2 Å². The molecule has 0 aromatic heterocycles. The van der Waals surface area contributed by atoms with Gasteiger partial charge >= 0.3 is 0 Å². The lowest BCUT2D eigenvalue weighted by Crippen LogP contribution is -1.93. The van der Waals surface area contributed by atoms with E-state index in [-0.39, 0.29) is 0 Å². The summed E-state index contributed by atoms with van der Waals surface area (Å²) in [5.74, 6) is 3.89. The highest BCUT2D eigenvalue weighted by Crippen LogP contribution is 2.38. The molecule has 0 heterocycles. The molecular weight excluding hydrogens is 200 g/mol. The molecule has 0 radical (unpaired) electrons. The van der Waals surface area contributed by atoms with Crippen molar-refractivity contribution in [3.63, 3.8) is 0 Å². The summed E-state index contributed by atoms with van der Waals surface area (Å²) in [7, 11) is 3.04. The SMILES string of the molecule is C#Cc1cc(OC)c(OS)c(OC)c1. The van der Waals surface area contributed by atoms with E-state index in [0.717, 1.165) is 0 Å². The lowest BCUT2D eigenvalue weighted by atomic mass is 10.2. The molecule has 0 bridgehead atoms. The third kappa shape index (κ3) is 1.88. The van der Waals surface area contributed by atoms with Crippen molar-refractivity contribution < 1.29 is 13.7 Å². The predicted octanol–water partition coefficient (Wildman–Crippen LogP) is 1.91. The summed E-state index contributed by atoms with van der Waals surface area (Å²) in [6.07, 6.45) is 5.27. The monoisotopic (exact) mass is 210 g/mol. The first kappa shape index (κ1) is 10.6.